The van der Waals surface area contributed by atoms with Crippen molar-refractivity contribution in [2.45, 2.75) is 20.3 Å². The molecule has 0 saturated carbocycles. The van der Waals surface area contributed by atoms with Gasteiger partial charge in [0.2, 0.25) is 0 Å². The molecule has 0 spiro atoms. The van der Waals surface area contributed by atoms with Gasteiger partial charge in [-0.2, -0.15) is 0 Å². The molecular formula is C15H21FN4. The Hall–Kier alpha value is -2.04. The second-order valence-corrected chi connectivity index (χ2v) is 4.67. The topological polar surface area (TPSA) is 57.4 Å². The van der Waals surface area contributed by atoms with Crippen LogP contribution in [0, 0.1) is 5.82 Å². The van der Waals surface area contributed by atoms with E-state index in [1.165, 1.54) is 12.1 Å². The first-order valence-electron chi connectivity index (χ1n) is 6.96. The van der Waals surface area contributed by atoms with Gasteiger partial charge in [-0.15, -0.1) is 0 Å². The highest BCUT2D eigenvalue weighted by Gasteiger charge is 2.05. The lowest BCUT2D eigenvalue weighted by molar-refractivity contribution is 0.458. The zero-order chi connectivity index (χ0) is 14.5. The number of aliphatic imine (C=N–C) groups is 1. The summed E-state index contributed by atoms with van der Waals surface area (Å²) in [4.78, 5) is 9.50. The van der Waals surface area contributed by atoms with E-state index in [4.69, 9.17) is 5.73 Å². The summed E-state index contributed by atoms with van der Waals surface area (Å²) in [7, 11) is 0. The summed E-state index contributed by atoms with van der Waals surface area (Å²) < 4.78 is 13.1. The number of guanidine groups is 1. The zero-order valence-corrected chi connectivity index (χ0v) is 12.0. The van der Waals surface area contributed by atoms with Crippen LogP contribution in [0.4, 0.5) is 4.39 Å². The summed E-state index contributed by atoms with van der Waals surface area (Å²) in [5.74, 6) is 0.357. The van der Waals surface area contributed by atoms with Crippen LogP contribution in [-0.4, -0.2) is 35.5 Å². The molecule has 1 aromatic heterocycles. The van der Waals surface area contributed by atoms with Crippen LogP contribution in [0.5, 0.6) is 0 Å². The lowest BCUT2D eigenvalue weighted by atomic mass is 10.1. The van der Waals surface area contributed by atoms with Crippen LogP contribution in [0.1, 0.15) is 19.4 Å². The highest BCUT2D eigenvalue weighted by atomic mass is 19.1. The molecule has 5 heteroatoms. The molecule has 1 heterocycles. The van der Waals surface area contributed by atoms with Crippen LogP contribution in [-0.2, 0) is 6.42 Å². The van der Waals surface area contributed by atoms with Crippen LogP contribution in [0.3, 0.4) is 0 Å². The fourth-order valence-electron chi connectivity index (χ4n) is 2.30. The summed E-state index contributed by atoms with van der Waals surface area (Å²) in [5.41, 5.74) is 7.88. The lowest BCUT2D eigenvalue weighted by Gasteiger charge is -2.19. The molecule has 3 N–H and O–H groups in total. The minimum atomic E-state index is -0.227. The fraction of sp³-hybridized carbons (Fsp3) is 0.400. The smallest absolute Gasteiger partial charge is 0.191 e. The SMILES string of the molecule is CCN(CC)C(N)=NCCc1c[nH]c2cc(F)ccc12. The second kappa shape index (κ2) is 6.41. The molecule has 0 bridgehead atoms. The molecule has 0 aliphatic heterocycles. The molecule has 0 atom stereocenters. The van der Waals surface area contributed by atoms with E-state index in [9.17, 15) is 4.39 Å². The highest BCUT2D eigenvalue weighted by molar-refractivity contribution is 5.83. The van der Waals surface area contributed by atoms with Gasteiger partial charge in [-0.05, 0) is 44.0 Å². The average molecular weight is 276 g/mol. The summed E-state index contributed by atoms with van der Waals surface area (Å²) in [6.45, 7) is 6.46. The van der Waals surface area contributed by atoms with E-state index in [0.717, 1.165) is 36.0 Å². The molecule has 108 valence electrons. The predicted octanol–water partition coefficient (Wildman–Crippen LogP) is 2.51. The Morgan fingerprint density at radius 2 is 2.10 bits per heavy atom. The third-order valence-electron chi connectivity index (χ3n) is 3.47. The maximum absolute atomic E-state index is 13.1. The number of rotatable bonds is 5. The van der Waals surface area contributed by atoms with Gasteiger partial charge < -0.3 is 15.6 Å². The third-order valence-corrected chi connectivity index (χ3v) is 3.47. The van der Waals surface area contributed by atoms with Crippen molar-refractivity contribution in [3.8, 4) is 0 Å². The number of fused-ring (bicyclic) bond motifs is 1. The summed E-state index contributed by atoms with van der Waals surface area (Å²) in [6, 6.07) is 4.79. The molecule has 20 heavy (non-hydrogen) atoms. The fourth-order valence-corrected chi connectivity index (χ4v) is 2.30. The van der Waals surface area contributed by atoms with Gasteiger partial charge in [0.25, 0.3) is 0 Å². The van der Waals surface area contributed by atoms with Gasteiger partial charge in [0.15, 0.2) is 5.96 Å². The molecule has 0 saturated heterocycles. The maximum atomic E-state index is 13.1. The van der Waals surface area contributed by atoms with Crippen molar-refractivity contribution >= 4 is 16.9 Å². The van der Waals surface area contributed by atoms with Crippen LogP contribution < -0.4 is 5.73 Å². The van der Waals surface area contributed by atoms with E-state index in [1.54, 1.807) is 6.07 Å². The van der Waals surface area contributed by atoms with Gasteiger partial charge in [-0.3, -0.25) is 4.99 Å². The highest BCUT2D eigenvalue weighted by Crippen LogP contribution is 2.19. The van der Waals surface area contributed by atoms with Crippen LogP contribution in [0.15, 0.2) is 29.4 Å². The van der Waals surface area contributed by atoms with Gasteiger partial charge in [0, 0.05) is 36.7 Å². The van der Waals surface area contributed by atoms with Crippen LogP contribution in [0.25, 0.3) is 10.9 Å². The molecule has 0 aliphatic carbocycles. The number of nitrogens with two attached hydrogens (primary N) is 1. The van der Waals surface area contributed by atoms with Crippen molar-refractivity contribution < 1.29 is 4.39 Å². The Labute approximate surface area is 118 Å². The number of benzene rings is 1. The van der Waals surface area contributed by atoms with E-state index in [-0.39, 0.29) is 5.82 Å². The van der Waals surface area contributed by atoms with Crippen molar-refractivity contribution in [3.63, 3.8) is 0 Å². The van der Waals surface area contributed by atoms with E-state index in [0.29, 0.717) is 12.5 Å². The first-order chi connectivity index (χ1) is 9.65. The molecule has 0 unspecified atom stereocenters. The minimum Gasteiger partial charge on any atom is -0.370 e. The van der Waals surface area contributed by atoms with Gasteiger partial charge in [0.05, 0.1) is 0 Å². The summed E-state index contributed by atoms with van der Waals surface area (Å²) in [6.07, 6.45) is 2.70. The van der Waals surface area contributed by atoms with Crippen molar-refractivity contribution in [3.05, 3.63) is 35.8 Å². The number of nitrogens with one attached hydrogen (secondary N) is 1. The van der Waals surface area contributed by atoms with Crippen LogP contribution in [0.2, 0.25) is 0 Å². The quantitative estimate of drug-likeness (QED) is 0.651. The normalized spacial score (nSPS) is 12.1. The first-order valence-corrected chi connectivity index (χ1v) is 6.96. The Balaban J connectivity index is 2.04. The molecule has 0 amide bonds. The zero-order valence-electron chi connectivity index (χ0n) is 12.0. The van der Waals surface area contributed by atoms with E-state index >= 15 is 0 Å². The van der Waals surface area contributed by atoms with Gasteiger partial charge in [-0.25, -0.2) is 4.39 Å². The number of halogens is 1. The number of hydrogen-bond acceptors (Lipinski definition) is 1. The van der Waals surface area contributed by atoms with E-state index < -0.39 is 0 Å². The standard InChI is InChI=1S/C15H21FN4/c1-3-20(4-2)15(17)18-8-7-11-10-19-14-9-12(16)5-6-13(11)14/h5-6,9-10,19H,3-4,7-8H2,1-2H3,(H2,17,18). The molecule has 2 rings (SSSR count). The maximum Gasteiger partial charge on any atom is 0.191 e. The second-order valence-electron chi connectivity index (χ2n) is 4.67. The minimum absolute atomic E-state index is 0.227. The first kappa shape index (κ1) is 14.4. The number of hydrogen-bond donors (Lipinski definition) is 2. The molecule has 4 nitrogen and oxygen atoms in total. The largest absolute Gasteiger partial charge is 0.370 e. The average Bonchev–Trinajstić information content (AvgIpc) is 2.82. The van der Waals surface area contributed by atoms with Crippen molar-refractivity contribution in [1.82, 2.24) is 9.88 Å². The number of nitrogens with zero attached hydrogens (tertiary/aromatic N) is 2. The monoisotopic (exact) mass is 276 g/mol. The van der Waals surface area contributed by atoms with E-state index in [1.807, 2.05) is 11.1 Å². The van der Waals surface area contributed by atoms with Crippen molar-refractivity contribution in [2.75, 3.05) is 19.6 Å². The van der Waals surface area contributed by atoms with Crippen molar-refractivity contribution in [2.24, 2.45) is 10.7 Å². The summed E-state index contributed by atoms with van der Waals surface area (Å²) in [5, 5.41) is 1.04. The number of H-pyrrole nitrogens is 1. The van der Waals surface area contributed by atoms with Crippen LogP contribution >= 0.6 is 0 Å². The molecule has 1 aromatic carbocycles. The third kappa shape index (κ3) is 3.10. The Bertz CT molecular complexity index is 599. The molecular weight excluding hydrogens is 255 g/mol. The number of aromatic nitrogens is 1. The molecule has 0 fully saturated rings. The van der Waals surface area contributed by atoms with Crippen molar-refractivity contribution in [1.29, 1.82) is 0 Å². The van der Waals surface area contributed by atoms with Gasteiger partial charge in [0.1, 0.15) is 5.82 Å². The molecule has 2 aromatic rings. The predicted molar refractivity (Wildman–Crippen MR) is 81.4 cm³/mol. The van der Waals surface area contributed by atoms with Gasteiger partial charge >= 0.3 is 0 Å². The summed E-state index contributed by atoms with van der Waals surface area (Å²) >= 11 is 0. The Kier molecular flexibility index (Phi) is 4.61. The van der Waals surface area contributed by atoms with Gasteiger partial charge in [-0.1, -0.05) is 0 Å². The Morgan fingerprint density at radius 3 is 2.80 bits per heavy atom. The molecule has 0 radical (unpaired) electrons. The van der Waals surface area contributed by atoms with E-state index in [2.05, 4.69) is 23.8 Å². The molecule has 0 aliphatic rings. The lowest BCUT2D eigenvalue weighted by Crippen LogP contribution is -2.37. The Morgan fingerprint density at radius 1 is 1.35 bits per heavy atom. The number of aromatic amines is 1.